The van der Waals surface area contributed by atoms with E-state index in [1.165, 1.54) is 11.3 Å². The number of hydrogen-bond donors (Lipinski definition) is 2. The Hall–Kier alpha value is -4.05. The monoisotopic (exact) mass is 417 g/mol. The van der Waals surface area contributed by atoms with Crippen molar-refractivity contribution in [1.29, 1.82) is 0 Å². The molecule has 0 aliphatic rings. The van der Waals surface area contributed by atoms with E-state index >= 15 is 0 Å². The maximum absolute atomic E-state index is 12.8. The Kier molecular flexibility index (Phi) is 4.45. The van der Waals surface area contributed by atoms with E-state index in [0.29, 0.717) is 40.2 Å². The lowest BCUT2D eigenvalue weighted by Gasteiger charge is -2.10. The molecule has 0 saturated carbocycles. The summed E-state index contributed by atoms with van der Waals surface area (Å²) in [5.74, 6) is 0.396. The summed E-state index contributed by atoms with van der Waals surface area (Å²) in [6, 6.07) is 11.2. The number of carbonyl (C=O) groups is 1. The molecular weight excluding hydrogens is 402 g/mol. The Labute approximate surface area is 174 Å². The quantitative estimate of drug-likeness (QED) is 0.442. The molecule has 1 amide bonds. The lowest BCUT2D eigenvalue weighted by Crippen LogP contribution is -2.15. The van der Waals surface area contributed by atoms with Crippen LogP contribution in [0.5, 0.6) is 0 Å². The van der Waals surface area contributed by atoms with Gasteiger partial charge in [-0.2, -0.15) is 4.98 Å². The fraction of sp³-hybridized carbons (Fsp3) is 0.0500. The first kappa shape index (κ1) is 18.0. The van der Waals surface area contributed by atoms with Gasteiger partial charge in [-0.1, -0.05) is 12.1 Å². The van der Waals surface area contributed by atoms with E-state index in [1.807, 2.05) is 48.7 Å². The normalized spacial score (nSPS) is 11.0. The second kappa shape index (κ2) is 7.41. The number of rotatable bonds is 5. The Bertz CT molecular complexity index is 1340. The summed E-state index contributed by atoms with van der Waals surface area (Å²) in [5, 5.41) is 11.8. The first-order valence-electron chi connectivity index (χ1n) is 9.01. The smallest absolute Gasteiger partial charge is 0.278 e. The van der Waals surface area contributed by atoms with Crippen LogP contribution in [0.2, 0.25) is 0 Å². The Balaban J connectivity index is 1.36. The standard InChI is InChI=1S/C20H15N7O2S/c1-12-5-6-13(23-20-25-19(29-26-20)15-10-30-11-22-15)8-14(12)24-18(28)16-9-21-17-4-2-3-7-27(16)17/h2-11H,1H3,(H,23,26)(H,24,28). The van der Waals surface area contributed by atoms with E-state index in [1.54, 1.807) is 22.3 Å². The molecule has 0 aliphatic carbocycles. The summed E-state index contributed by atoms with van der Waals surface area (Å²) < 4.78 is 6.97. The molecule has 0 aliphatic heterocycles. The van der Waals surface area contributed by atoms with Crippen molar-refractivity contribution in [3.8, 4) is 11.6 Å². The average Bonchev–Trinajstić information content (AvgIpc) is 3.50. The van der Waals surface area contributed by atoms with Gasteiger partial charge in [0, 0.05) is 23.0 Å². The van der Waals surface area contributed by atoms with Crippen LogP contribution in [-0.2, 0) is 0 Å². The van der Waals surface area contributed by atoms with Gasteiger partial charge in [0.05, 0.1) is 11.7 Å². The third-order valence-corrected chi connectivity index (χ3v) is 5.06. The number of aromatic nitrogens is 5. The number of hydrogen-bond acceptors (Lipinski definition) is 8. The highest BCUT2D eigenvalue weighted by atomic mass is 32.1. The Morgan fingerprint density at radius 3 is 3.00 bits per heavy atom. The maximum Gasteiger partial charge on any atom is 0.278 e. The SMILES string of the molecule is Cc1ccc(Nc2noc(-c3cscn3)n2)cc1NC(=O)c1cnc2ccccn12. The van der Waals surface area contributed by atoms with Gasteiger partial charge in [-0.25, -0.2) is 9.97 Å². The van der Waals surface area contributed by atoms with Crippen LogP contribution in [0.3, 0.4) is 0 Å². The molecule has 5 aromatic rings. The molecule has 0 spiro atoms. The van der Waals surface area contributed by atoms with Gasteiger partial charge in [-0.15, -0.1) is 11.3 Å². The van der Waals surface area contributed by atoms with E-state index in [-0.39, 0.29) is 5.91 Å². The highest BCUT2D eigenvalue weighted by Gasteiger charge is 2.14. The fourth-order valence-corrected chi connectivity index (χ4v) is 3.47. The van der Waals surface area contributed by atoms with Gasteiger partial charge in [-0.3, -0.25) is 9.20 Å². The van der Waals surface area contributed by atoms with Crippen LogP contribution in [0.25, 0.3) is 17.2 Å². The van der Waals surface area contributed by atoms with Gasteiger partial charge in [0.1, 0.15) is 17.0 Å². The number of nitrogens with zero attached hydrogens (tertiary/aromatic N) is 5. The average molecular weight is 417 g/mol. The molecule has 0 unspecified atom stereocenters. The molecule has 148 valence electrons. The van der Waals surface area contributed by atoms with Crippen molar-refractivity contribution in [3.63, 3.8) is 0 Å². The Morgan fingerprint density at radius 1 is 1.20 bits per heavy atom. The molecule has 1 aromatic carbocycles. The van der Waals surface area contributed by atoms with E-state index in [9.17, 15) is 4.79 Å². The zero-order chi connectivity index (χ0) is 20.5. The van der Waals surface area contributed by atoms with Crippen LogP contribution < -0.4 is 10.6 Å². The van der Waals surface area contributed by atoms with Crippen molar-refractivity contribution in [2.75, 3.05) is 10.6 Å². The first-order chi connectivity index (χ1) is 14.7. The number of aryl methyl sites for hydroxylation is 1. The summed E-state index contributed by atoms with van der Waals surface area (Å²) in [7, 11) is 0. The van der Waals surface area contributed by atoms with Crippen LogP contribution >= 0.6 is 11.3 Å². The molecule has 0 radical (unpaired) electrons. The molecular formula is C20H15N7O2S. The molecule has 0 saturated heterocycles. The molecule has 4 heterocycles. The van der Waals surface area contributed by atoms with Crippen molar-refractivity contribution >= 4 is 40.2 Å². The van der Waals surface area contributed by atoms with E-state index in [0.717, 1.165) is 5.56 Å². The predicted octanol–water partition coefficient (Wildman–Crippen LogP) is 4.15. The second-order valence-corrected chi connectivity index (χ2v) is 7.20. The van der Waals surface area contributed by atoms with Crippen LogP contribution in [-0.4, -0.2) is 30.4 Å². The number of benzene rings is 1. The minimum Gasteiger partial charge on any atom is -0.330 e. The van der Waals surface area contributed by atoms with Crippen LogP contribution in [0.1, 0.15) is 16.1 Å². The number of fused-ring (bicyclic) bond motifs is 1. The number of thiazole rings is 1. The molecule has 9 nitrogen and oxygen atoms in total. The molecule has 5 rings (SSSR count). The van der Waals surface area contributed by atoms with Gasteiger partial charge in [-0.05, 0) is 41.9 Å². The molecule has 0 atom stereocenters. The number of amides is 1. The summed E-state index contributed by atoms with van der Waals surface area (Å²) >= 11 is 1.45. The minimum absolute atomic E-state index is 0.251. The second-order valence-electron chi connectivity index (χ2n) is 6.48. The molecule has 10 heteroatoms. The van der Waals surface area contributed by atoms with Crippen LogP contribution in [0.15, 0.2) is 64.2 Å². The maximum atomic E-state index is 12.8. The number of nitrogens with one attached hydrogen (secondary N) is 2. The first-order valence-corrected chi connectivity index (χ1v) is 9.95. The lowest BCUT2D eigenvalue weighted by molar-refractivity contribution is 0.102. The van der Waals surface area contributed by atoms with Crippen LogP contribution in [0.4, 0.5) is 17.3 Å². The Morgan fingerprint density at radius 2 is 2.13 bits per heavy atom. The number of anilines is 3. The summed E-state index contributed by atoms with van der Waals surface area (Å²) in [6.45, 7) is 1.92. The summed E-state index contributed by atoms with van der Waals surface area (Å²) in [4.78, 5) is 25.5. The van der Waals surface area contributed by atoms with Crippen molar-refractivity contribution in [1.82, 2.24) is 24.5 Å². The zero-order valence-electron chi connectivity index (χ0n) is 15.7. The molecule has 0 bridgehead atoms. The largest absolute Gasteiger partial charge is 0.330 e. The van der Waals surface area contributed by atoms with Gasteiger partial charge in [0.2, 0.25) is 0 Å². The molecule has 0 fully saturated rings. The van der Waals surface area contributed by atoms with Crippen molar-refractivity contribution < 1.29 is 9.32 Å². The van der Waals surface area contributed by atoms with Gasteiger partial charge in [0.15, 0.2) is 0 Å². The van der Waals surface area contributed by atoms with Crippen molar-refractivity contribution in [3.05, 3.63) is 70.9 Å². The van der Waals surface area contributed by atoms with Gasteiger partial charge < -0.3 is 15.2 Å². The van der Waals surface area contributed by atoms with Gasteiger partial charge in [0.25, 0.3) is 17.7 Å². The molecule has 30 heavy (non-hydrogen) atoms. The molecule has 2 N–H and O–H groups in total. The highest BCUT2D eigenvalue weighted by Crippen LogP contribution is 2.25. The summed E-state index contributed by atoms with van der Waals surface area (Å²) in [5.41, 5.74) is 5.78. The topological polar surface area (TPSA) is 110 Å². The third-order valence-electron chi connectivity index (χ3n) is 4.47. The highest BCUT2D eigenvalue weighted by molar-refractivity contribution is 7.07. The van der Waals surface area contributed by atoms with Crippen LogP contribution in [0, 0.1) is 6.92 Å². The number of pyridine rings is 1. The van der Waals surface area contributed by atoms with Crippen molar-refractivity contribution in [2.45, 2.75) is 6.92 Å². The van der Waals surface area contributed by atoms with Gasteiger partial charge >= 0.3 is 0 Å². The summed E-state index contributed by atoms with van der Waals surface area (Å²) in [6.07, 6.45) is 3.36. The fourth-order valence-electron chi connectivity index (χ4n) is 2.95. The zero-order valence-corrected chi connectivity index (χ0v) is 16.6. The number of carbonyl (C=O) groups excluding carboxylic acids is 1. The minimum atomic E-state index is -0.251. The number of imidazole rings is 1. The van der Waals surface area contributed by atoms with E-state index < -0.39 is 0 Å². The van der Waals surface area contributed by atoms with Crippen molar-refractivity contribution in [2.24, 2.45) is 0 Å². The predicted molar refractivity (Wildman–Crippen MR) is 113 cm³/mol. The van der Waals surface area contributed by atoms with E-state index in [4.69, 9.17) is 4.52 Å². The third kappa shape index (κ3) is 3.40. The molecule has 4 aromatic heterocycles. The lowest BCUT2D eigenvalue weighted by atomic mass is 10.1. The van der Waals surface area contributed by atoms with E-state index in [2.05, 4.69) is 30.7 Å².